The SMILES string of the molecule is C[C@H](OC(=O)c1cccc(C#N)c1)C(=O)Nc1nc(-c2ccccc2)cs1. The largest absolute Gasteiger partial charge is 0.449 e. The van der Waals surface area contributed by atoms with Crippen molar-refractivity contribution in [1.29, 1.82) is 5.26 Å². The number of thiazole rings is 1. The van der Waals surface area contributed by atoms with Gasteiger partial charge >= 0.3 is 5.97 Å². The first-order valence-corrected chi connectivity index (χ1v) is 8.98. The molecule has 0 spiro atoms. The van der Waals surface area contributed by atoms with Crippen LogP contribution in [0.5, 0.6) is 0 Å². The molecular formula is C20H15N3O3S. The van der Waals surface area contributed by atoms with Crippen molar-refractivity contribution in [1.82, 2.24) is 4.98 Å². The normalized spacial score (nSPS) is 11.3. The fourth-order valence-electron chi connectivity index (χ4n) is 2.28. The van der Waals surface area contributed by atoms with Gasteiger partial charge in [-0.15, -0.1) is 11.3 Å². The smallest absolute Gasteiger partial charge is 0.338 e. The van der Waals surface area contributed by atoms with Gasteiger partial charge in [0.05, 0.1) is 22.9 Å². The first-order chi connectivity index (χ1) is 13.1. The molecule has 0 saturated heterocycles. The lowest BCUT2D eigenvalue weighted by Crippen LogP contribution is -2.30. The molecule has 3 rings (SSSR count). The quantitative estimate of drug-likeness (QED) is 0.682. The first-order valence-electron chi connectivity index (χ1n) is 8.10. The molecule has 0 saturated carbocycles. The third kappa shape index (κ3) is 4.57. The average Bonchev–Trinajstić information content (AvgIpc) is 3.17. The van der Waals surface area contributed by atoms with Crippen LogP contribution in [0, 0.1) is 11.3 Å². The van der Waals surface area contributed by atoms with Gasteiger partial charge in [0.15, 0.2) is 11.2 Å². The summed E-state index contributed by atoms with van der Waals surface area (Å²) in [6.07, 6.45) is -1.01. The van der Waals surface area contributed by atoms with Gasteiger partial charge in [-0.05, 0) is 25.1 Å². The zero-order chi connectivity index (χ0) is 19.2. The van der Waals surface area contributed by atoms with Crippen molar-refractivity contribution in [2.75, 3.05) is 5.32 Å². The summed E-state index contributed by atoms with van der Waals surface area (Å²) in [5.74, 6) is -1.15. The minimum Gasteiger partial charge on any atom is -0.449 e. The van der Waals surface area contributed by atoms with E-state index in [4.69, 9.17) is 10.00 Å². The summed E-state index contributed by atoms with van der Waals surface area (Å²) in [7, 11) is 0. The number of amides is 1. The zero-order valence-corrected chi connectivity index (χ0v) is 15.2. The van der Waals surface area contributed by atoms with Crippen LogP contribution >= 0.6 is 11.3 Å². The number of hydrogen-bond acceptors (Lipinski definition) is 6. The van der Waals surface area contributed by atoms with Crippen LogP contribution < -0.4 is 5.32 Å². The summed E-state index contributed by atoms with van der Waals surface area (Å²) in [4.78, 5) is 28.8. The van der Waals surface area contributed by atoms with Gasteiger partial charge in [-0.3, -0.25) is 10.1 Å². The Morgan fingerprint density at radius 3 is 2.70 bits per heavy atom. The van der Waals surface area contributed by atoms with Crippen LogP contribution in [-0.2, 0) is 9.53 Å². The molecule has 134 valence electrons. The second-order valence-corrected chi connectivity index (χ2v) is 6.49. The van der Waals surface area contributed by atoms with E-state index in [1.807, 2.05) is 41.8 Å². The van der Waals surface area contributed by atoms with Gasteiger partial charge in [0.1, 0.15) is 0 Å². The highest BCUT2D eigenvalue weighted by molar-refractivity contribution is 7.14. The lowest BCUT2D eigenvalue weighted by Gasteiger charge is -2.12. The zero-order valence-electron chi connectivity index (χ0n) is 14.4. The predicted octanol–water partition coefficient (Wildman–Crippen LogP) is 3.87. The maximum atomic E-state index is 12.3. The number of ether oxygens (including phenoxy) is 1. The fourth-order valence-corrected chi connectivity index (χ4v) is 3.00. The van der Waals surface area contributed by atoms with E-state index < -0.39 is 18.0 Å². The monoisotopic (exact) mass is 377 g/mol. The highest BCUT2D eigenvalue weighted by Crippen LogP contribution is 2.24. The molecular weight excluding hydrogens is 362 g/mol. The van der Waals surface area contributed by atoms with Gasteiger partial charge in [0.2, 0.25) is 0 Å². The van der Waals surface area contributed by atoms with Crippen molar-refractivity contribution in [3.63, 3.8) is 0 Å². The summed E-state index contributed by atoms with van der Waals surface area (Å²) in [5, 5.41) is 13.8. The molecule has 0 bridgehead atoms. The Kier molecular flexibility index (Phi) is 5.59. The van der Waals surface area contributed by atoms with E-state index in [9.17, 15) is 9.59 Å². The number of benzene rings is 2. The Morgan fingerprint density at radius 1 is 1.19 bits per heavy atom. The first kappa shape index (κ1) is 18.3. The third-order valence-corrected chi connectivity index (χ3v) is 4.44. The number of nitrogens with zero attached hydrogens (tertiary/aromatic N) is 2. The topological polar surface area (TPSA) is 92.1 Å². The number of rotatable bonds is 5. The maximum absolute atomic E-state index is 12.3. The molecule has 0 unspecified atom stereocenters. The maximum Gasteiger partial charge on any atom is 0.338 e. The van der Waals surface area contributed by atoms with E-state index in [1.54, 1.807) is 12.1 Å². The van der Waals surface area contributed by atoms with E-state index in [-0.39, 0.29) is 5.56 Å². The van der Waals surface area contributed by atoms with Crippen molar-refractivity contribution in [3.8, 4) is 17.3 Å². The van der Waals surface area contributed by atoms with Crippen molar-refractivity contribution >= 4 is 28.3 Å². The molecule has 0 fully saturated rings. The number of nitriles is 1. The van der Waals surface area contributed by atoms with E-state index in [0.29, 0.717) is 10.7 Å². The molecule has 7 heteroatoms. The number of esters is 1. The summed E-state index contributed by atoms with van der Waals surface area (Å²) in [5.41, 5.74) is 2.27. The van der Waals surface area contributed by atoms with Gasteiger partial charge in [-0.25, -0.2) is 9.78 Å². The lowest BCUT2D eigenvalue weighted by atomic mass is 10.1. The number of aromatic nitrogens is 1. The molecule has 2 aromatic carbocycles. The van der Waals surface area contributed by atoms with Gasteiger partial charge in [0.25, 0.3) is 5.91 Å². The lowest BCUT2D eigenvalue weighted by molar-refractivity contribution is -0.123. The molecule has 0 aliphatic carbocycles. The molecule has 6 nitrogen and oxygen atoms in total. The van der Waals surface area contributed by atoms with Gasteiger partial charge < -0.3 is 4.74 Å². The van der Waals surface area contributed by atoms with Crippen LogP contribution in [-0.4, -0.2) is 23.0 Å². The summed E-state index contributed by atoms with van der Waals surface area (Å²) >= 11 is 1.29. The highest BCUT2D eigenvalue weighted by Gasteiger charge is 2.20. The summed E-state index contributed by atoms with van der Waals surface area (Å²) < 4.78 is 5.18. The molecule has 0 radical (unpaired) electrons. The average molecular weight is 377 g/mol. The number of hydrogen-bond donors (Lipinski definition) is 1. The summed E-state index contributed by atoms with van der Waals surface area (Å²) in [6.45, 7) is 1.48. The second-order valence-electron chi connectivity index (χ2n) is 5.63. The van der Waals surface area contributed by atoms with Crippen LogP contribution in [0.15, 0.2) is 60.0 Å². The molecule has 27 heavy (non-hydrogen) atoms. The standard InChI is InChI=1S/C20H15N3O3S/c1-13(26-19(25)16-9-5-6-14(10-16)11-21)18(24)23-20-22-17(12-27-20)15-7-3-2-4-8-15/h2-10,12-13H,1H3,(H,22,23,24)/t13-/m0/s1. The number of nitrogens with one attached hydrogen (secondary N) is 1. The van der Waals surface area contributed by atoms with Crippen molar-refractivity contribution in [2.24, 2.45) is 0 Å². The van der Waals surface area contributed by atoms with Crippen LogP contribution in [0.4, 0.5) is 5.13 Å². The molecule has 1 heterocycles. The summed E-state index contributed by atoms with van der Waals surface area (Å²) in [6, 6.07) is 17.7. The molecule has 0 aliphatic heterocycles. The minimum absolute atomic E-state index is 0.217. The van der Waals surface area contributed by atoms with Gasteiger partial charge in [-0.1, -0.05) is 36.4 Å². The second kappa shape index (κ2) is 8.25. The highest BCUT2D eigenvalue weighted by atomic mass is 32.1. The molecule has 0 aliphatic rings. The molecule has 1 N–H and O–H groups in total. The van der Waals surface area contributed by atoms with Crippen molar-refractivity contribution in [2.45, 2.75) is 13.0 Å². The van der Waals surface area contributed by atoms with Gasteiger partial charge in [-0.2, -0.15) is 5.26 Å². The molecule has 1 aromatic heterocycles. The van der Waals surface area contributed by atoms with Gasteiger partial charge in [0, 0.05) is 10.9 Å². The molecule has 3 aromatic rings. The van der Waals surface area contributed by atoms with Crippen LogP contribution in [0.3, 0.4) is 0 Å². The Bertz CT molecular complexity index is 1010. The number of anilines is 1. The van der Waals surface area contributed by atoms with E-state index >= 15 is 0 Å². The molecule has 1 amide bonds. The van der Waals surface area contributed by atoms with Crippen LogP contribution in [0.25, 0.3) is 11.3 Å². The van der Waals surface area contributed by atoms with Crippen molar-refractivity contribution < 1.29 is 14.3 Å². The Morgan fingerprint density at radius 2 is 1.96 bits per heavy atom. The Hall–Kier alpha value is -3.50. The minimum atomic E-state index is -1.01. The van der Waals surface area contributed by atoms with E-state index in [2.05, 4.69) is 10.3 Å². The van der Waals surface area contributed by atoms with E-state index in [1.165, 1.54) is 30.4 Å². The Labute approximate surface area is 160 Å². The van der Waals surface area contributed by atoms with Crippen molar-refractivity contribution in [3.05, 3.63) is 71.1 Å². The van der Waals surface area contributed by atoms with Crippen LogP contribution in [0.2, 0.25) is 0 Å². The van der Waals surface area contributed by atoms with Crippen LogP contribution in [0.1, 0.15) is 22.8 Å². The Balaban J connectivity index is 1.62. The third-order valence-electron chi connectivity index (χ3n) is 3.68. The van der Waals surface area contributed by atoms with E-state index in [0.717, 1.165) is 11.3 Å². The molecule has 1 atom stereocenters. The number of carbonyl (C=O) groups excluding carboxylic acids is 2. The number of carbonyl (C=O) groups is 2. The fraction of sp³-hybridized carbons (Fsp3) is 0.100. The predicted molar refractivity (Wildman–Crippen MR) is 102 cm³/mol.